The third-order valence-corrected chi connectivity index (χ3v) is 6.38. The van der Waals surface area contributed by atoms with Crippen LogP contribution in [0.3, 0.4) is 0 Å². The lowest BCUT2D eigenvalue weighted by Crippen LogP contribution is -2.44. The minimum Gasteiger partial charge on any atom is -0.334 e. The number of aryl methyl sites for hydroxylation is 1. The number of nitrogens with one attached hydrogen (secondary N) is 2. The van der Waals surface area contributed by atoms with Gasteiger partial charge in [-0.2, -0.15) is 0 Å². The molecular formula is C27H25FN3O2+. The highest BCUT2D eigenvalue weighted by atomic mass is 19.1. The fraction of sp³-hybridized carbons (Fsp3) is 0.185. The highest BCUT2D eigenvalue weighted by molar-refractivity contribution is 6.01. The van der Waals surface area contributed by atoms with Gasteiger partial charge in [-0.25, -0.2) is 9.18 Å². The summed E-state index contributed by atoms with van der Waals surface area (Å²) in [5, 5.41) is 17.4. The van der Waals surface area contributed by atoms with Crippen LogP contribution in [0.5, 0.6) is 0 Å². The van der Waals surface area contributed by atoms with Gasteiger partial charge in [0.25, 0.3) is 0 Å². The van der Waals surface area contributed by atoms with Gasteiger partial charge in [-0.15, -0.1) is 0 Å². The number of urea groups is 1. The third-order valence-electron chi connectivity index (χ3n) is 6.38. The van der Waals surface area contributed by atoms with E-state index in [1.165, 1.54) is 17.8 Å². The summed E-state index contributed by atoms with van der Waals surface area (Å²) in [4.78, 5) is 13.0. The Morgan fingerprint density at radius 3 is 2.76 bits per heavy atom. The Morgan fingerprint density at radius 1 is 1.06 bits per heavy atom. The first kappa shape index (κ1) is 20.9. The van der Waals surface area contributed by atoms with Crippen molar-refractivity contribution in [3.05, 3.63) is 108 Å². The normalized spacial score (nSPS) is 17.4. The number of hydrogen-bond acceptors (Lipinski definition) is 2. The fourth-order valence-electron chi connectivity index (χ4n) is 4.83. The molecule has 33 heavy (non-hydrogen) atoms. The molecule has 1 aliphatic rings. The molecule has 3 aromatic carbocycles. The third kappa shape index (κ3) is 4.51. The zero-order chi connectivity index (χ0) is 22.8. The van der Waals surface area contributed by atoms with Gasteiger partial charge in [0.1, 0.15) is 5.82 Å². The average molecular weight is 443 g/mol. The second-order valence-electron chi connectivity index (χ2n) is 8.52. The van der Waals surface area contributed by atoms with Gasteiger partial charge in [0.05, 0.1) is 11.1 Å². The van der Waals surface area contributed by atoms with Crippen LogP contribution in [0, 0.1) is 5.82 Å². The molecule has 166 valence electrons. The molecule has 6 heteroatoms. The highest BCUT2D eigenvalue weighted by Gasteiger charge is 2.31. The van der Waals surface area contributed by atoms with E-state index in [1.807, 2.05) is 42.5 Å². The number of hydrogen-bond donors (Lipinski definition) is 3. The fourth-order valence-corrected chi connectivity index (χ4v) is 4.83. The minimum atomic E-state index is -0.281. The van der Waals surface area contributed by atoms with E-state index < -0.39 is 0 Å². The quantitative estimate of drug-likeness (QED) is 0.309. The van der Waals surface area contributed by atoms with Crippen molar-refractivity contribution >= 4 is 22.5 Å². The van der Waals surface area contributed by atoms with Gasteiger partial charge in [-0.05, 0) is 60.2 Å². The van der Waals surface area contributed by atoms with Gasteiger partial charge >= 0.3 is 6.03 Å². The Morgan fingerprint density at radius 2 is 1.91 bits per heavy atom. The van der Waals surface area contributed by atoms with Crippen molar-refractivity contribution in [2.45, 2.75) is 31.2 Å². The summed E-state index contributed by atoms with van der Waals surface area (Å²) in [6, 6.07) is 22.1. The molecule has 2 atom stereocenters. The summed E-state index contributed by atoms with van der Waals surface area (Å²) in [7, 11) is 0. The molecule has 0 unspecified atom stereocenters. The number of fused-ring (bicyclic) bond motifs is 2. The number of aromatic nitrogens is 1. The van der Waals surface area contributed by atoms with Gasteiger partial charge in [-0.3, -0.25) is 5.21 Å². The zero-order valence-electron chi connectivity index (χ0n) is 18.0. The number of rotatable bonds is 4. The van der Waals surface area contributed by atoms with Crippen LogP contribution in [0.1, 0.15) is 29.0 Å². The van der Waals surface area contributed by atoms with Crippen LogP contribution in [-0.4, -0.2) is 17.3 Å². The molecule has 0 radical (unpaired) electrons. The maximum Gasteiger partial charge on any atom is 0.319 e. The number of anilines is 1. The van der Waals surface area contributed by atoms with Crippen molar-refractivity contribution in [2.24, 2.45) is 0 Å². The molecule has 1 aliphatic carbocycles. The largest absolute Gasteiger partial charge is 0.334 e. The minimum absolute atomic E-state index is 0.0448. The Labute approximate surface area is 191 Å². The smallest absolute Gasteiger partial charge is 0.319 e. The van der Waals surface area contributed by atoms with Gasteiger partial charge in [0, 0.05) is 28.1 Å². The van der Waals surface area contributed by atoms with Gasteiger partial charge in [0.2, 0.25) is 12.4 Å². The molecular weight excluding hydrogens is 417 g/mol. The standard InChI is InChI=1S/C27H24FN3O2/c28-21-10-11-22-19(16-21)9-12-26(24(22)15-18-5-2-1-3-6-18)30-27(32)29-25-8-4-7-20-17-31(33)14-13-23(20)25/h1-8,10-11,13-14,16-17,24,26H,9,12,15H2,(H2-,29,30,32,33)/p+1/t24-,26+/m0/s1. The van der Waals surface area contributed by atoms with Crippen LogP contribution in [0.15, 0.2) is 85.2 Å². The first-order valence-electron chi connectivity index (χ1n) is 11.1. The summed E-state index contributed by atoms with van der Waals surface area (Å²) in [5.74, 6) is -0.181. The van der Waals surface area contributed by atoms with Crippen molar-refractivity contribution in [3.8, 4) is 0 Å². The molecule has 3 N–H and O–H groups in total. The lowest BCUT2D eigenvalue weighted by atomic mass is 9.76. The lowest BCUT2D eigenvalue weighted by molar-refractivity contribution is -0.903. The highest BCUT2D eigenvalue weighted by Crippen LogP contribution is 2.35. The summed E-state index contributed by atoms with van der Waals surface area (Å²) < 4.78 is 14.8. The number of halogens is 1. The first-order valence-corrected chi connectivity index (χ1v) is 11.1. The number of carbonyl (C=O) groups is 1. The molecule has 0 saturated heterocycles. The molecule has 4 aromatic rings. The van der Waals surface area contributed by atoms with Crippen molar-refractivity contribution in [3.63, 3.8) is 0 Å². The maximum atomic E-state index is 13.9. The van der Waals surface area contributed by atoms with E-state index >= 15 is 0 Å². The van der Waals surface area contributed by atoms with Gasteiger partial charge in [-0.1, -0.05) is 42.5 Å². The molecule has 2 amide bonds. The average Bonchev–Trinajstić information content (AvgIpc) is 2.81. The number of benzene rings is 3. The van der Waals surface area contributed by atoms with E-state index in [4.69, 9.17) is 0 Å². The Balaban J connectivity index is 1.39. The first-order chi connectivity index (χ1) is 16.1. The van der Waals surface area contributed by atoms with E-state index in [-0.39, 0.29) is 23.8 Å². The summed E-state index contributed by atoms with van der Waals surface area (Å²) in [6.45, 7) is 0. The molecule has 5 rings (SSSR count). The number of nitrogens with zero attached hydrogens (tertiary/aromatic N) is 1. The molecule has 0 bridgehead atoms. The maximum absolute atomic E-state index is 13.9. The van der Waals surface area contributed by atoms with Crippen molar-refractivity contribution in [1.29, 1.82) is 0 Å². The SMILES string of the molecule is O=C(Nc1cccc2c[n+](O)ccc12)N[C@@H]1CCc2cc(F)ccc2[C@@H]1Cc1ccccc1. The van der Waals surface area contributed by atoms with E-state index in [9.17, 15) is 14.4 Å². The number of pyridine rings is 1. The Kier molecular flexibility index (Phi) is 5.65. The van der Waals surface area contributed by atoms with Crippen molar-refractivity contribution in [1.82, 2.24) is 5.32 Å². The Hall–Kier alpha value is -3.93. The Bertz CT molecular complexity index is 1310. The van der Waals surface area contributed by atoms with Crippen LogP contribution in [0.25, 0.3) is 10.8 Å². The molecule has 1 heterocycles. The summed E-state index contributed by atoms with van der Waals surface area (Å²) >= 11 is 0. The number of amides is 2. The summed E-state index contributed by atoms with van der Waals surface area (Å²) in [6.07, 6.45) is 5.33. The van der Waals surface area contributed by atoms with E-state index in [2.05, 4.69) is 22.8 Å². The van der Waals surface area contributed by atoms with Crippen LogP contribution in [0.4, 0.5) is 14.9 Å². The van der Waals surface area contributed by atoms with Crippen molar-refractivity contribution < 1.29 is 19.1 Å². The predicted octanol–water partition coefficient (Wildman–Crippen LogP) is 4.97. The molecule has 0 fully saturated rings. The van der Waals surface area contributed by atoms with Crippen molar-refractivity contribution in [2.75, 3.05) is 5.32 Å². The van der Waals surface area contributed by atoms with Crippen LogP contribution in [-0.2, 0) is 12.8 Å². The van der Waals surface area contributed by atoms with Gasteiger partial charge in [0.15, 0.2) is 0 Å². The topological polar surface area (TPSA) is 65.2 Å². The lowest BCUT2D eigenvalue weighted by Gasteiger charge is -2.34. The second kappa shape index (κ2) is 8.90. The molecule has 0 aliphatic heterocycles. The predicted molar refractivity (Wildman–Crippen MR) is 125 cm³/mol. The summed E-state index contributed by atoms with van der Waals surface area (Å²) in [5.41, 5.74) is 3.96. The van der Waals surface area contributed by atoms with Gasteiger partial charge < -0.3 is 10.6 Å². The van der Waals surface area contributed by atoms with E-state index in [1.54, 1.807) is 18.3 Å². The molecule has 5 nitrogen and oxygen atoms in total. The van der Waals surface area contributed by atoms with Crippen LogP contribution >= 0.6 is 0 Å². The molecule has 0 saturated carbocycles. The zero-order valence-corrected chi connectivity index (χ0v) is 18.0. The van der Waals surface area contributed by atoms with Crippen LogP contribution in [0.2, 0.25) is 0 Å². The number of carbonyl (C=O) groups excluding carboxylic acids is 1. The van der Waals surface area contributed by atoms with E-state index in [0.717, 1.165) is 39.5 Å². The second-order valence-corrected chi connectivity index (χ2v) is 8.52. The van der Waals surface area contributed by atoms with Crippen LogP contribution < -0.4 is 15.4 Å². The molecule has 0 spiro atoms. The molecule has 1 aromatic heterocycles. The monoisotopic (exact) mass is 442 g/mol. The van der Waals surface area contributed by atoms with E-state index in [0.29, 0.717) is 12.1 Å².